The lowest BCUT2D eigenvalue weighted by atomic mass is 10.0. The van der Waals surface area contributed by atoms with Gasteiger partial charge in [-0.25, -0.2) is 0 Å². The van der Waals surface area contributed by atoms with Gasteiger partial charge in [-0.2, -0.15) is 5.10 Å². The van der Waals surface area contributed by atoms with Crippen LogP contribution in [0.2, 0.25) is 0 Å². The van der Waals surface area contributed by atoms with E-state index in [1.165, 1.54) is 0 Å². The van der Waals surface area contributed by atoms with Crippen molar-refractivity contribution in [3.05, 3.63) is 11.4 Å². The Bertz CT molecular complexity index is 382. The van der Waals surface area contributed by atoms with Crippen LogP contribution in [0.5, 0.6) is 0 Å². The molecule has 0 aliphatic rings. The molecule has 0 spiro atoms. The number of aromatic amines is 1. The Balaban J connectivity index is 2.61. The minimum atomic E-state index is -0.182. The predicted molar refractivity (Wildman–Crippen MR) is 73.4 cm³/mol. The van der Waals surface area contributed by atoms with E-state index < -0.39 is 0 Å². The van der Waals surface area contributed by atoms with Crippen LogP contribution in [0, 0.1) is 5.92 Å². The van der Waals surface area contributed by atoms with Gasteiger partial charge in [0.15, 0.2) is 5.69 Å². The van der Waals surface area contributed by atoms with E-state index >= 15 is 0 Å². The zero-order chi connectivity index (χ0) is 13.5. The van der Waals surface area contributed by atoms with Crippen LogP contribution in [0.25, 0.3) is 0 Å². The van der Waals surface area contributed by atoms with E-state index in [0.29, 0.717) is 23.8 Å². The number of hydrogen-bond donors (Lipinski definition) is 3. The fourth-order valence-corrected chi connectivity index (χ4v) is 1.90. The number of aromatic nitrogens is 2. The highest BCUT2D eigenvalue weighted by Crippen LogP contribution is 2.15. The Morgan fingerprint density at radius 3 is 2.61 bits per heavy atom. The van der Waals surface area contributed by atoms with Crippen molar-refractivity contribution in [2.45, 2.75) is 46.5 Å². The third kappa shape index (κ3) is 3.48. The van der Waals surface area contributed by atoms with Crippen LogP contribution in [0.3, 0.4) is 0 Å². The second-order valence-electron chi connectivity index (χ2n) is 4.61. The highest BCUT2D eigenvalue weighted by atomic mass is 16.1. The van der Waals surface area contributed by atoms with Crippen LogP contribution in [0.1, 0.15) is 56.2 Å². The molecule has 5 heteroatoms. The number of rotatable bonds is 7. The number of nitrogen functional groups attached to an aromatic ring is 1. The molecule has 1 heterocycles. The lowest BCUT2D eigenvalue weighted by Gasteiger charge is -2.12. The predicted octanol–water partition coefficient (Wildman–Crippen LogP) is 2.11. The molecule has 102 valence electrons. The molecule has 4 N–H and O–H groups in total. The minimum absolute atomic E-state index is 0.182. The summed E-state index contributed by atoms with van der Waals surface area (Å²) in [5.41, 5.74) is 7.57. The van der Waals surface area contributed by atoms with Crippen LogP contribution in [0.15, 0.2) is 0 Å². The number of carbonyl (C=O) groups excluding carboxylic acids is 1. The summed E-state index contributed by atoms with van der Waals surface area (Å²) in [5, 5.41) is 9.73. The zero-order valence-corrected chi connectivity index (χ0v) is 11.5. The van der Waals surface area contributed by atoms with Crippen molar-refractivity contribution >= 4 is 11.6 Å². The summed E-state index contributed by atoms with van der Waals surface area (Å²) in [6.45, 7) is 7.00. The highest BCUT2D eigenvalue weighted by Gasteiger charge is 2.17. The molecule has 1 amide bonds. The van der Waals surface area contributed by atoms with Crippen LogP contribution in [0.4, 0.5) is 5.69 Å². The van der Waals surface area contributed by atoms with Gasteiger partial charge in [0.1, 0.15) is 0 Å². The van der Waals surface area contributed by atoms with Crippen molar-refractivity contribution in [3.63, 3.8) is 0 Å². The van der Waals surface area contributed by atoms with Gasteiger partial charge in [0.2, 0.25) is 0 Å². The molecule has 0 saturated carbocycles. The third-order valence-corrected chi connectivity index (χ3v) is 3.30. The molecule has 0 aromatic carbocycles. The summed E-state index contributed by atoms with van der Waals surface area (Å²) in [6.07, 6.45) is 3.92. The SMILES string of the molecule is CCCc1[nH]nc(C(=O)NCC(CC)CC)c1N. The molecule has 0 bridgehead atoms. The summed E-state index contributed by atoms with van der Waals surface area (Å²) in [5.74, 6) is 0.335. The molecule has 18 heavy (non-hydrogen) atoms. The molecular formula is C13H24N4O. The maximum absolute atomic E-state index is 11.9. The number of anilines is 1. The lowest BCUT2D eigenvalue weighted by Crippen LogP contribution is -2.29. The first-order chi connectivity index (χ1) is 8.63. The van der Waals surface area contributed by atoms with E-state index in [2.05, 4.69) is 36.3 Å². The van der Waals surface area contributed by atoms with Crippen LogP contribution in [-0.2, 0) is 6.42 Å². The van der Waals surface area contributed by atoms with E-state index in [1.54, 1.807) is 0 Å². The van der Waals surface area contributed by atoms with Gasteiger partial charge in [-0.15, -0.1) is 0 Å². The van der Waals surface area contributed by atoms with E-state index in [0.717, 1.165) is 31.4 Å². The first-order valence-corrected chi connectivity index (χ1v) is 6.74. The smallest absolute Gasteiger partial charge is 0.273 e. The molecule has 0 unspecified atom stereocenters. The van der Waals surface area contributed by atoms with Crippen molar-refractivity contribution in [1.29, 1.82) is 0 Å². The Morgan fingerprint density at radius 2 is 2.06 bits per heavy atom. The first-order valence-electron chi connectivity index (χ1n) is 6.74. The van der Waals surface area contributed by atoms with E-state index in [9.17, 15) is 4.79 Å². The zero-order valence-electron chi connectivity index (χ0n) is 11.5. The molecule has 0 aliphatic carbocycles. The Labute approximate surface area is 109 Å². The van der Waals surface area contributed by atoms with Gasteiger partial charge in [0.25, 0.3) is 5.91 Å². The second kappa shape index (κ2) is 7.03. The molecule has 1 aromatic rings. The Kier molecular flexibility index (Phi) is 5.68. The molecule has 0 aliphatic heterocycles. The monoisotopic (exact) mass is 252 g/mol. The van der Waals surface area contributed by atoms with Gasteiger partial charge in [0, 0.05) is 6.54 Å². The van der Waals surface area contributed by atoms with Crippen molar-refractivity contribution in [3.8, 4) is 0 Å². The molecule has 5 nitrogen and oxygen atoms in total. The number of hydrogen-bond acceptors (Lipinski definition) is 3. The number of nitrogens with zero attached hydrogens (tertiary/aromatic N) is 1. The lowest BCUT2D eigenvalue weighted by molar-refractivity contribution is 0.0942. The first kappa shape index (κ1) is 14.5. The molecule has 0 atom stereocenters. The number of aryl methyl sites for hydroxylation is 1. The van der Waals surface area contributed by atoms with Crippen LogP contribution >= 0.6 is 0 Å². The van der Waals surface area contributed by atoms with Gasteiger partial charge in [0.05, 0.1) is 11.4 Å². The van der Waals surface area contributed by atoms with Crippen LogP contribution < -0.4 is 11.1 Å². The Hall–Kier alpha value is -1.52. The van der Waals surface area contributed by atoms with Gasteiger partial charge < -0.3 is 11.1 Å². The molecule has 1 aromatic heterocycles. The second-order valence-corrected chi connectivity index (χ2v) is 4.61. The summed E-state index contributed by atoms with van der Waals surface area (Å²) < 4.78 is 0. The maximum atomic E-state index is 11.9. The molecule has 0 saturated heterocycles. The molecule has 1 rings (SSSR count). The number of nitrogens with two attached hydrogens (primary N) is 1. The van der Waals surface area contributed by atoms with Crippen molar-refractivity contribution < 1.29 is 4.79 Å². The maximum Gasteiger partial charge on any atom is 0.273 e. The third-order valence-electron chi connectivity index (χ3n) is 3.30. The Morgan fingerprint density at radius 1 is 1.39 bits per heavy atom. The summed E-state index contributed by atoms with van der Waals surface area (Å²) in [6, 6.07) is 0. The van der Waals surface area contributed by atoms with Crippen molar-refractivity contribution in [2.75, 3.05) is 12.3 Å². The van der Waals surface area contributed by atoms with E-state index in [1.807, 2.05) is 0 Å². The normalized spacial score (nSPS) is 10.9. The standard InChI is InChI=1S/C13H24N4O/c1-4-7-10-11(14)12(17-16-10)13(18)15-8-9(5-2)6-3/h9H,4-8,14H2,1-3H3,(H,15,18)(H,16,17). The highest BCUT2D eigenvalue weighted by molar-refractivity contribution is 5.97. The number of carbonyl (C=O) groups is 1. The number of amides is 1. The minimum Gasteiger partial charge on any atom is -0.395 e. The summed E-state index contributed by atoms with van der Waals surface area (Å²) in [7, 11) is 0. The number of H-pyrrole nitrogens is 1. The summed E-state index contributed by atoms with van der Waals surface area (Å²) in [4.78, 5) is 11.9. The van der Waals surface area contributed by atoms with Gasteiger partial charge in [-0.05, 0) is 12.3 Å². The van der Waals surface area contributed by atoms with Gasteiger partial charge in [-0.3, -0.25) is 9.89 Å². The number of nitrogens with one attached hydrogen (secondary N) is 2. The molecular weight excluding hydrogens is 228 g/mol. The fourth-order valence-electron chi connectivity index (χ4n) is 1.90. The topological polar surface area (TPSA) is 83.8 Å². The van der Waals surface area contributed by atoms with E-state index in [-0.39, 0.29) is 5.91 Å². The fraction of sp³-hybridized carbons (Fsp3) is 0.692. The van der Waals surface area contributed by atoms with Gasteiger partial charge >= 0.3 is 0 Å². The van der Waals surface area contributed by atoms with Gasteiger partial charge in [-0.1, -0.05) is 40.0 Å². The van der Waals surface area contributed by atoms with Crippen molar-refractivity contribution in [1.82, 2.24) is 15.5 Å². The van der Waals surface area contributed by atoms with E-state index in [4.69, 9.17) is 5.73 Å². The largest absolute Gasteiger partial charge is 0.395 e. The van der Waals surface area contributed by atoms with Crippen LogP contribution in [-0.4, -0.2) is 22.6 Å². The average molecular weight is 252 g/mol. The summed E-state index contributed by atoms with van der Waals surface area (Å²) >= 11 is 0. The van der Waals surface area contributed by atoms with Crippen molar-refractivity contribution in [2.24, 2.45) is 5.92 Å². The molecule has 0 radical (unpaired) electrons. The molecule has 0 fully saturated rings. The average Bonchev–Trinajstić information content (AvgIpc) is 2.73. The quantitative estimate of drug-likeness (QED) is 0.695.